The lowest BCUT2D eigenvalue weighted by Gasteiger charge is -2.32. The van der Waals surface area contributed by atoms with Crippen molar-refractivity contribution in [1.82, 2.24) is 10.6 Å². The van der Waals surface area contributed by atoms with Crippen LogP contribution in [-0.4, -0.2) is 5.84 Å². The van der Waals surface area contributed by atoms with E-state index in [1.807, 2.05) is 11.3 Å². The number of benzene rings is 8. The molecule has 5 heteroatoms. The quantitative estimate of drug-likeness (QED) is 0.179. The number of thiophene rings is 1. The summed E-state index contributed by atoms with van der Waals surface area (Å²) in [6.45, 7) is 0. The maximum absolute atomic E-state index is 6.39. The van der Waals surface area contributed by atoms with Gasteiger partial charge in [0, 0.05) is 42.1 Å². The van der Waals surface area contributed by atoms with Crippen LogP contribution in [0.25, 0.3) is 75.5 Å². The van der Waals surface area contributed by atoms with E-state index in [-0.39, 0.29) is 12.3 Å². The number of aliphatic imine (C=N–C) groups is 1. The van der Waals surface area contributed by atoms with E-state index in [2.05, 4.69) is 199 Å². The van der Waals surface area contributed by atoms with Gasteiger partial charge in [-0.3, -0.25) is 5.32 Å². The van der Waals surface area contributed by atoms with E-state index in [4.69, 9.17) is 9.41 Å². The van der Waals surface area contributed by atoms with Crippen molar-refractivity contribution < 1.29 is 4.42 Å². The maximum Gasteiger partial charge on any atom is 0.135 e. The summed E-state index contributed by atoms with van der Waals surface area (Å²) in [5, 5.41) is 12.5. The van der Waals surface area contributed by atoms with E-state index in [0.717, 1.165) is 66.7 Å². The third kappa shape index (κ3) is 5.77. The fraction of sp³-hybridized carbons (Fsp3) is 0.0392. The van der Waals surface area contributed by atoms with Gasteiger partial charge in [0.1, 0.15) is 29.3 Å². The Kier molecular flexibility index (Phi) is 7.87. The Hall–Kier alpha value is -6.79. The fourth-order valence-corrected chi connectivity index (χ4v) is 9.40. The summed E-state index contributed by atoms with van der Waals surface area (Å²) in [6.07, 6.45) is -0.556. The van der Waals surface area contributed by atoms with Crippen LogP contribution in [0.15, 0.2) is 197 Å². The molecule has 266 valence electrons. The second-order valence-corrected chi connectivity index (χ2v) is 15.5. The number of furan rings is 1. The largest absolute Gasteiger partial charge is 0.456 e. The van der Waals surface area contributed by atoms with Crippen molar-refractivity contribution in [2.24, 2.45) is 4.99 Å². The Morgan fingerprint density at radius 1 is 0.446 bits per heavy atom. The van der Waals surface area contributed by atoms with Crippen molar-refractivity contribution in [3.05, 3.63) is 205 Å². The average molecular weight is 738 g/mol. The van der Waals surface area contributed by atoms with Crippen LogP contribution >= 0.6 is 11.3 Å². The zero-order chi connectivity index (χ0) is 37.0. The second kappa shape index (κ2) is 13.5. The van der Waals surface area contributed by atoms with E-state index in [9.17, 15) is 0 Å². The zero-order valence-electron chi connectivity index (χ0n) is 30.3. The van der Waals surface area contributed by atoms with Crippen LogP contribution in [0.2, 0.25) is 0 Å². The summed E-state index contributed by atoms with van der Waals surface area (Å²) in [5.41, 5.74) is 12.0. The number of fused-ring (bicyclic) bond motifs is 6. The fourth-order valence-electron chi connectivity index (χ4n) is 8.16. The second-order valence-electron chi connectivity index (χ2n) is 14.4. The summed E-state index contributed by atoms with van der Waals surface area (Å²) < 4.78 is 8.92. The molecule has 10 aromatic rings. The van der Waals surface area contributed by atoms with Crippen molar-refractivity contribution in [3.63, 3.8) is 0 Å². The summed E-state index contributed by atoms with van der Waals surface area (Å²) in [7, 11) is 0. The van der Waals surface area contributed by atoms with Gasteiger partial charge in [0.25, 0.3) is 0 Å². The normalized spacial score (nSPS) is 15.7. The van der Waals surface area contributed by atoms with Gasteiger partial charge < -0.3 is 9.73 Å². The molecule has 0 saturated heterocycles. The van der Waals surface area contributed by atoms with Gasteiger partial charge in [-0.25, -0.2) is 4.99 Å². The molecule has 56 heavy (non-hydrogen) atoms. The minimum atomic E-state index is -0.310. The molecule has 3 heterocycles. The number of hydrogen-bond acceptors (Lipinski definition) is 5. The lowest BCUT2D eigenvalue weighted by molar-refractivity contribution is 0.411. The average Bonchev–Trinajstić information content (AvgIpc) is 3.85. The molecule has 1 aliphatic heterocycles. The third-order valence-corrected chi connectivity index (χ3v) is 12.2. The first-order valence-corrected chi connectivity index (χ1v) is 19.8. The number of nitrogens with one attached hydrogen (secondary N) is 2. The number of amidine groups is 1. The summed E-state index contributed by atoms with van der Waals surface area (Å²) in [6, 6.07) is 66.9. The highest BCUT2D eigenvalue weighted by molar-refractivity contribution is 7.26. The molecule has 0 aliphatic carbocycles. The van der Waals surface area contributed by atoms with Gasteiger partial charge in [-0.05, 0) is 87.5 Å². The number of rotatable bonds is 6. The molecule has 2 unspecified atom stereocenters. The Morgan fingerprint density at radius 2 is 1.04 bits per heavy atom. The molecule has 0 bridgehead atoms. The van der Waals surface area contributed by atoms with Gasteiger partial charge in [0.05, 0.1) is 0 Å². The SMILES string of the molecule is c1ccc(-c2cc(C3=NC(c4cccc5c4sc4ccccc45)NC(c4ccc5oc6ccc(-c7ccccc7)cc6c5c4)N3)cc(-c3ccccc3)c2)cc1. The van der Waals surface area contributed by atoms with E-state index in [0.29, 0.717) is 0 Å². The van der Waals surface area contributed by atoms with Crippen LogP contribution in [-0.2, 0) is 0 Å². The van der Waals surface area contributed by atoms with Crippen LogP contribution in [0.5, 0.6) is 0 Å². The molecule has 4 nitrogen and oxygen atoms in total. The number of nitrogens with zero attached hydrogens (tertiary/aromatic N) is 1. The Labute approximate surface area is 328 Å². The lowest BCUT2D eigenvalue weighted by Crippen LogP contribution is -2.45. The smallest absolute Gasteiger partial charge is 0.135 e. The Bertz CT molecular complexity index is 3040. The monoisotopic (exact) mass is 737 g/mol. The van der Waals surface area contributed by atoms with Gasteiger partial charge in [-0.1, -0.05) is 140 Å². The first kappa shape index (κ1) is 32.6. The van der Waals surface area contributed by atoms with Gasteiger partial charge >= 0.3 is 0 Å². The lowest BCUT2D eigenvalue weighted by atomic mass is 9.95. The molecule has 2 atom stereocenters. The summed E-state index contributed by atoms with van der Waals surface area (Å²) in [5.74, 6) is 0.843. The molecule has 1 aliphatic rings. The summed E-state index contributed by atoms with van der Waals surface area (Å²) in [4.78, 5) is 5.52. The highest BCUT2D eigenvalue weighted by Gasteiger charge is 2.28. The van der Waals surface area contributed by atoms with Crippen LogP contribution in [0, 0.1) is 0 Å². The molecule has 2 aromatic heterocycles. The minimum absolute atomic E-state index is 0.246. The van der Waals surface area contributed by atoms with Crippen molar-refractivity contribution >= 4 is 59.3 Å². The molecule has 0 amide bonds. The van der Waals surface area contributed by atoms with Crippen molar-refractivity contribution in [2.45, 2.75) is 12.3 Å². The zero-order valence-corrected chi connectivity index (χ0v) is 31.1. The topological polar surface area (TPSA) is 49.6 Å². The Morgan fingerprint density at radius 3 is 1.75 bits per heavy atom. The van der Waals surface area contributed by atoms with Gasteiger partial charge in [-0.2, -0.15) is 0 Å². The minimum Gasteiger partial charge on any atom is -0.456 e. The molecular weight excluding hydrogens is 703 g/mol. The van der Waals surface area contributed by atoms with Crippen LogP contribution in [0.3, 0.4) is 0 Å². The van der Waals surface area contributed by atoms with Gasteiger partial charge in [0.15, 0.2) is 0 Å². The van der Waals surface area contributed by atoms with E-state index in [1.54, 1.807) is 0 Å². The number of hydrogen-bond donors (Lipinski definition) is 2. The van der Waals surface area contributed by atoms with Crippen LogP contribution in [0.1, 0.15) is 29.0 Å². The first-order valence-electron chi connectivity index (χ1n) is 19.0. The third-order valence-electron chi connectivity index (χ3n) is 10.9. The maximum atomic E-state index is 6.39. The molecule has 2 N–H and O–H groups in total. The van der Waals surface area contributed by atoms with Gasteiger partial charge in [0.2, 0.25) is 0 Å². The van der Waals surface area contributed by atoms with E-state index in [1.165, 1.54) is 31.3 Å². The Balaban J connectivity index is 1.08. The van der Waals surface area contributed by atoms with Crippen molar-refractivity contribution in [1.29, 1.82) is 0 Å². The molecule has 11 rings (SSSR count). The van der Waals surface area contributed by atoms with Crippen LogP contribution < -0.4 is 10.6 Å². The molecule has 0 radical (unpaired) electrons. The standard InChI is InChI=1S/C51H35N3OS/c1-4-13-32(14-5-1)35-23-25-45-43(30-35)44-31-36(24-26-46(44)55-45)49-52-50(54-51(53-49)42-21-12-20-41-40-19-10-11-22-47(40)56-48(41)42)39-28-37(33-15-6-2-7-16-33)27-38(29-39)34-17-8-3-9-18-34/h1-31,49,51,53H,(H,52,54). The molecule has 0 fully saturated rings. The molecule has 8 aromatic carbocycles. The molecular formula is C51H35N3OS. The van der Waals surface area contributed by atoms with Crippen LogP contribution in [0.4, 0.5) is 0 Å². The highest BCUT2D eigenvalue weighted by atomic mass is 32.1. The van der Waals surface area contributed by atoms with Crippen molar-refractivity contribution in [3.8, 4) is 33.4 Å². The molecule has 0 spiro atoms. The molecule has 0 saturated carbocycles. The van der Waals surface area contributed by atoms with E-state index >= 15 is 0 Å². The predicted octanol–water partition coefficient (Wildman–Crippen LogP) is 13.3. The summed E-state index contributed by atoms with van der Waals surface area (Å²) >= 11 is 1.84. The van der Waals surface area contributed by atoms with Crippen molar-refractivity contribution in [2.75, 3.05) is 0 Å². The van der Waals surface area contributed by atoms with E-state index < -0.39 is 0 Å². The highest BCUT2D eigenvalue weighted by Crippen LogP contribution is 2.41. The first-order chi connectivity index (χ1) is 27.7. The predicted molar refractivity (Wildman–Crippen MR) is 234 cm³/mol. The van der Waals surface area contributed by atoms with Gasteiger partial charge in [-0.15, -0.1) is 11.3 Å².